The average molecular weight is 190 g/mol. The van der Waals surface area contributed by atoms with Crippen LogP contribution in [0.3, 0.4) is 0 Å². The van der Waals surface area contributed by atoms with Gasteiger partial charge in [-0.25, -0.2) is 4.98 Å². The third kappa shape index (κ3) is 1.62. The van der Waals surface area contributed by atoms with Gasteiger partial charge in [-0.3, -0.25) is 9.78 Å². The summed E-state index contributed by atoms with van der Waals surface area (Å²) in [6, 6.07) is 1.77. The molecule has 2 heterocycles. The molecule has 0 aliphatic rings. The number of nitrogens with zero attached hydrogens (tertiary/aromatic N) is 2. The molecule has 0 spiro atoms. The average Bonchev–Trinajstić information content (AvgIpc) is 2.71. The van der Waals surface area contributed by atoms with Crippen molar-refractivity contribution in [1.82, 2.24) is 9.97 Å². The summed E-state index contributed by atoms with van der Waals surface area (Å²) in [6.45, 7) is 0. The summed E-state index contributed by atoms with van der Waals surface area (Å²) in [5.74, 6) is 0. The molecule has 0 atom stereocenters. The van der Waals surface area contributed by atoms with Crippen molar-refractivity contribution in [3.63, 3.8) is 0 Å². The van der Waals surface area contributed by atoms with Gasteiger partial charge in [0.15, 0.2) is 6.29 Å². The Labute approximate surface area is 79.1 Å². The van der Waals surface area contributed by atoms with Crippen molar-refractivity contribution in [3.05, 3.63) is 34.9 Å². The molecule has 64 valence electrons. The first kappa shape index (κ1) is 8.07. The molecule has 0 radical (unpaired) electrons. The zero-order chi connectivity index (χ0) is 9.10. The van der Waals surface area contributed by atoms with Crippen molar-refractivity contribution in [2.24, 2.45) is 0 Å². The highest BCUT2D eigenvalue weighted by Gasteiger charge is 2.00. The van der Waals surface area contributed by atoms with Gasteiger partial charge in [0, 0.05) is 28.9 Å². The number of aromatic nitrogens is 2. The van der Waals surface area contributed by atoms with Crippen LogP contribution in [0.25, 0.3) is 11.3 Å². The van der Waals surface area contributed by atoms with Crippen LogP contribution < -0.4 is 0 Å². The molecule has 0 saturated heterocycles. The number of pyridine rings is 1. The zero-order valence-electron chi connectivity index (χ0n) is 6.68. The monoisotopic (exact) mass is 190 g/mol. The number of aldehydes is 1. The lowest BCUT2D eigenvalue weighted by molar-refractivity contribution is 0.112. The number of hydrogen-bond donors (Lipinski definition) is 0. The lowest BCUT2D eigenvalue weighted by Crippen LogP contribution is -1.84. The van der Waals surface area contributed by atoms with Crippen molar-refractivity contribution in [3.8, 4) is 11.3 Å². The Bertz CT molecular complexity index is 411. The van der Waals surface area contributed by atoms with Crippen molar-refractivity contribution < 1.29 is 4.79 Å². The van der Waals surface area contributed by atoms with Crippen LogP contribution in [0.15, 0.2) is 29.4 Å². The first-order valence-corrected chi connectivity index (χ1v) is 4.63. The molecule has 4 heteroatoms. The van der Waals surface area contributed by atoms with E-state index in [1.54, 1.807) is 17.8 Å². The minimum atomic E-state index is 0.575. The lowest BCUT2D eigenvalue weighted by atomic mass is 10.2. The van der Waals surface area contributed by atoms with Gasteiger partial charge in [0.1, 0.15) is 0 Å². The summed E-state index contributed by atoms with van der Waals surface area (Å²) in [5.41, 5.74) is 4.07. The van der Waals surface area contributed by atoms with Crippen LogP contribution in [-0.4, -0.2) is 16.3 Å². The molecular weight excluding hydrogens is 184 g/mol. The SMILES string of the molecule is O=Cc1cncc(-c2cscn2)c1. The largest absolute Gasteiger partial charge is 0.298 e. The molecule has 2 rings (SSSR count). The minimum absolute atomic E-state index is 0.575. The van der Waals surface area contributed by atoms with E-state index in [2.05, 4.69) is 9.97 Å². The minimum Gasteiger partial charge on any atom is -0.298 e. The van der Waals surface area contributed by atoms with Crippen LogP contribution >= 0.6 is 11.3 Å². The summed E-state index contributed by atoms with van der Waals surface area (Å²) in [6.07, 6.45) is 4.01. The smallest absolute Gasteiger partial charge is 0.151 e. The van der Waals surface area contributed by atoms with E-state index in [1.807, 2.05) is 5.38 Å². The maximum atomic E-state index is 10.5. The quantitative estimate of drug-likeness (QED) is 0.680. The highest BCUT2D eigenvalue weighted by molar-refractivity contribution is 7.07. The summed E-state index contributed by atoms with van der Waals surface area (Å²) < 4.78 is 0. The first-order valence-electron chi connectivity index (χ1n) is 3.69. The highest BCUT2D eigenvalue weighted by atomic mass is 32.1. The van der Waals surface area contributed by atoms with Crippen LogP contribution in [-0.2, 0) is 0 Å². The first-order chi connectivity index (χ1) is 6.40. The van der Waals surface area contributed by atoms with Crippen LogP contribution in [0.1, 0.15) is 10.4 Å². The second-order valence-corrected chi connectivity index (χ2v) is 3.22. The second kappa shape index (κ2) is 3.45. The van der Waals surface area contributed by atoms with Crippen molar-refractivity contribution in [2.45, 2.75) is 0 Å². The second-order valence-electron chi connectivity index (χ2n) is 2.50. The molecule has 0 unspecified atom stereocenters. The van der Waals surface area contributed by atoms with E-state index in [9.17, 15) is 4.79 Å². The normalized spacial score (nSPS) is 9.85. The van der Waals surface area contributed by atoms with E-state index < -0.39 is 0 Å². The molecule has 13 heavy (non-hydrogen) atoms. The predicted molar refractivity (Wildman–Crippen MR) is 50.7 cm³/mol. The van der Waals surface area contributed by atoms with Crippen molar-refractivity contribution >= 4 is 17.6 Å². The molecule has 0 aliphatic carbocycles. The molecule has 2 aromatic heterocycles. The molecule has 3 nitrogen and oxygen atoms in total. The summed E-state index contributed by atoms with van der Waals surface area (Å²) in [7, 11) is 0. The standard InChI is InChI=1S/C9H6N2OS/c12-4-7-1-8(3-10-2-7)9-5-13-6-11-9/h1-6H. The maximum absolute atomic E-state index is 10.5. The van der Waals surface area contributed by atoms with Gasteiger partial charge in [0.2, 0.25) is 0 Å². The van der Waals surface area contributed by atoms with Gasteiger partial charge in [0.25, 0.3) is 0 Å². The number of carbonyl (C=O) groups is 1. The van der Waals surface area contributed by atoms with E-state index in [0.717, 1.165) is 17.5 Å². The van der Waals surface area contributed by atoms with Crippen LogP contribution in [0.4, 0.5) is 0 Å². The molecule has 2 aromatic rings. The Morgan fingerprint density at radius 3 is 3.00 bits per heavy atom. The Morgan fingerprint density at radius 1 is 1.38 bits per heavy atom. The van der Waals surface area contributed by atoms with E-state index in [4.69, 9.17) is 0 Å². The number of thiazole rings is 1. The fraction of sp³-hybridized carbons (Fsp3) is 0. The molecule has 0 N–H and O–H groups in total. The van der Waals surface area contributed by atoms with Gasteiger partial charge in [-0.1, -0.05) is 0 Å². The summed E-state index contributed by atoms with van der Waals surface area (Å²) in [4.78, 5) is 18.5. The molecule has 0 amide bonds. The molecular formula is C9H6N2OS. The molecule has 0 aliphatic heterocycles. The van der Waals surface area contributed by atoms with Crippen molar-refractivity contribution in [2.75, 3.05) is 0 Å². The molecule has 0 bridgehead atoms. The van der Waals surface area contributed by atoms with Gasteiger partial charge in [-0.05, 0) is 6.07 Å². The van der Waals surface area contributed by atoms with Gasteiger partial charge in [-0.2, -0.15) is 0 Å². The topological polar surface area (TPSA) is 42.9 Å². The fourth-order valence-corrected chi connectivity index (χ4v) is 1.58. The molecule has 0 aromatic carbocycles. The Kier molecular flexibility index (Phi) is 2.14. The summed E-state index contributed by atoms with van der Waals surface area (Å²) >= 11 is 1.52. The van der Waals surface area contributed by atoms with Crippen LogP contribution in [0.2, 0.25) is 0 Å². The molecule has 0 saturated carbocycles. The van der Waals surface area contributed by atoms with E-state index >= 15 is 0 Å². The third-order valence-electron chi connectivity index (χ3n) is 1.62. The third-order valence-corrected chi connectivity index (χ3v) is 2.21. The number of carbonyl (C=O) groups excluding carboxylic acids is 1. The number of hydrogen-bond acceptors (Lipinski definition) is 4. The Hall–Kier alpha value is -1.55. The van der Waals surface area contributed by atoms with Gasteiger partial charge >= 0.3 is 0 Å². The summed E-state index contributed by atoms with van der Waals surface area (Å²) in [5, 5.41) is 1.92. The van der Waals surface area contributed by atoms with E-state index in [0.29, 0.717) is 5.56 Å². The fourth-order valence-electron chi connectivity index (χ4n) is 1.02. The van der Waals surface area contributed by atoms with E-state index in [1.165, 1.54) is 17.5 Å². The highest BCUT2D eigenvalue weighted by Crippen LogP contribution is 2.18. The Balaban J connectivity index is 2.47. The maximum Gasteiger partial charge on any atom is 0.151 e. The van der Waals surface area contributed by atoms with Gasteiger partial charge in [-0.15, -0.1) is 11.3 Å². The lowest BCUT2D eigenvalue weighted by Gasteiger charge is -1.95. The number of rotatable bonds is 2. The molecule has 0 fully saturated rings. The van der Waals surface area contributed by atoms with Gasteiger partial charge < -0.3 is 0 Å². The van der Waals surface area contributed by atoms with Crippen LogP contribution in [0, 0.1) is 0 Å². The van der Waals surface area contributed by atoms with E-state index in [-0.39, 0.29) is 0 Å². The van der Waals surface area contributed by atoms with Gasteiger partial charge in [0.05, 0.1) is 11.2 Å². The Morgan fingerprint density at radius 2 is 2.31 bits per heavy atom. The predicted octanol–water partition coefficient (Wildman–Crippen LogP) is 2.02. The van der Waals surface area contributed by atoms with Crippen molar-refractivity contribution in [1.29, 1.82) is 0 Å². The zero-order valence-corrected chi connectivity index (χ0v) is 7.49. The van der Waals surface area contributed by atoms with Crippen LogP contribution in [0.5, 0.6) is 0 Å².